The number of rotatable bonds is 3. The molecule has 1 atom stereocenters. The average molecular weight is 273 g/mol. The topological polar surface area (TPSA) is 44.4 Å². The van der Waals surface area contributed by atoms with Crippen LogP contribution in [0, 0.1) is 0 Å². The zero-order valence-corrected chi connectivity index (χ0v) is 12.1. The fourth-order valence-corrected chi connectivity index (χ4v) is 3.46. The lowest BCUT2D eigenvalue weighted by Gasteiger charge is -2.39. The lowest BCUT2D eigenvalue weighted by atomic mass is 10.1. The monoisotopic (exact) mass is 273 g/mol. The van der Waals surface area contributed by atoms with Crippen molar-refractivity contribution < 1.29 is 4.79 Å². The fraction of sp³-hybridized carbons (Fsp3) is 0.562. The second kappa shape index (κ2) is 5.94. The van der Waals surface area contributed by atoms with Crippen LogP contribution < -0.4 is 10.6 Å². The molecule has 2 N–H and O–H groups in total. The molecule has 1 aromatic rings. The minimum atomic E-state index is -0.0250. The standard InChI is InChI=1S/C16H23N3O/c1-2-18-16(20)15-11-17-7-8-19(15)14-9-12-5-3-4-6-13(12)10-14/h3-6,14-15,17H,2,7-11H2,1H3,(H,18,20). The smallest absolute Gasteiger partial charge is 0.238 e. The van der Waals surface area contributed by atoms with E-state index in [0.29, 0.717) is 12.6 Å². The Balaban J connectivity index is 1.73. The maximum absolute atomic E-state index is 12.2. The van der Waals surface area contributed by atoms with Crippen molar-refractivity contribution in [3.8, 4) is 0 Å². The average Bonchev–Trinajstić information content (AvgIpc) is 2.91. The summed E-state index contributed by atoms with van der Waals surface area (Å²) in [5.74, 6) is 0.163. The Morgan fingerprint density at radius 2 is 2.05 bits per heavy atom. The van der Waals surface area contributed by atoms with Crippen LogP contribution in [0.4, 0.5) is 0 Å². The zero-order valence-electron chi connectivity index (χ0n) is 12.1. The Bertz CT molecular complexity index is 463. The van der Waals surface area contributed by atoms with E-state index in [-0.39, 0.29) is 11.9 Å². The third-order valence-electron chi connectivity index (χ3n) is 4.44. The van der Waals surface area contributed by atoms with Crippen molar-refractivity contribution in [3.63, 3.8) is 0 Å². The maximum atomic E-state index is 12.2. The van der Waals surface area contributed by atoms with E-state index in [9.17, 15) is 4.79 Å². The first-order valence-electron chi connectivity index (χ1n) is 7.60. The van der Waals surface area contributed by atoms with E-state index in [2.05, 4.69) is 39.8 Å². The quantitative estimate of drug-likeness (QED) is 0.846. The molecule has 20 heavy (non-hydrogen) atoms. The lowest BCUT2D eigenvalue weighted by Crippen LogP contribution is -2.60. The van der Waals surface area contributed by atoms with Crippen LogP contribution in [0.5, 0.6) is 0 Å². The van der Waals surface area contributed by atoms with Gasteiger partial charge in [-0.1, -0.05) is 24.3 Å². The van der Waals surface area contributed by atoms with Gasteiger partial charge in [0, 0.05) is 32.2 Å². The molecule has 4 nitrogen and oxygen atoms in total. The van der Waals surface area contributed by atoms with Crippen molar-refractivity contribution in [2.24, 2.45) is 0 Å². The van der Waals surface area contributed by atoms with E-state index in [1.807, 2.05) is 6.92 Å². The molecule has 0 radical (unpaired) electrons. The molecule has 3 rings (SSSR count). The van der Waals surface area contributed by atoms with Crippen LogP contribution >= 0.6 is 0 Å². The highest BCUT2D eigenvalue weighted by atomic mass is 16.2. The number of likely N-dealkylation sites (N-methyl/N-ethyl adjacent to an activating group) is 1. The summed E-state index contributed by atoms with van der Waals surface area (Å²) in [6.45, 7) is 5.37. The second-order valence-electron chi connectivity index (χ2n) is 5.68. The van der Waals surface area contributed by atoms with Crippen molar-refractivity contribution >= 4 is 5.91 Å². The zero-order chi connectivity index (χ0) is 13.9. The summed E-state index contributed by atoms with van der Waals surface area (Å²) in [7, 11) is 0. The van der Waals surface area contributed by atoms with E-state index in [1.54, 1.807) is 0 Å². The van der Waals surface area contributed by atoms with Gasteiger partial charge in [-0.05, 0) is 30.9 Å². The normalized spacial score (nSPS) is 23.6. The van der Waals surface area contributed by atoms with Crippen molar-refractivity contribution in [3.05, 3.63) is 35.4 Å². The number of carbonyl (C=O) groups is 1. The number of hydrogen-bond donors (Lipinski definition) is 2. The number of fused-ring (bicyclic) bond motifs is 1. The van der Waals surface area contributed by atoms with Gasteiger partial charge in [0.2, 0.25) is 5.91 Å². The number of amides is 1. The van der Waals surface area contributed by atoms with E-state index < -0.39 is 0 Å². The first-order chi connectivity index (χ1) is 9.79. The van der Waals surface area contributed by atoms with Crippen molar-refractivity contribution in [2.45, 2.75) is 31.8 Å². The molecule has 1 aromatic carbocycles. The van der Waals surface area contributed by atoms with Gasteiger partial charge in [-0.15, -0.1) is 0 Å². The van der Waals surface area contributed by atoms with Crippen LogP contribution in [0.2, 0.25) is 0 Å². The summed E-state index contributed by atoms with van der Waals surface area (Å²) in [6, 6.07) is 9.11. The van der Waals surface area contributed by atoms with Crippen LogP contribution in [-0.4, -0.2) is 49.1 Å². The number of nitrogens with zero attached hydrogens (tertiary/aromatic N) is 1. The van der Waals surface area contributed by atoms with Gasteiger partial charge in [0.1, 0.15) is 6.04 Å². The Morgan fingerprint density at radius 3 is 2.70 bits per heavy atom. The molecule has 0 aromatic heterocycles. The molecule has 1 heterocycles. The largest absolute Gasteiger partial charge is 0.355 e. The minimum absolute atomic E-state index is 0.0250. The summed E-state index contributed by atoms with van der Waals surface area (Å²) in [4.78, 5) is 14.6. The highest BCUT2D eigenvalue weighted by Gasteiger charge is 2.35. The maximum Gasteiger partial charge on any atom is 0.238 e. The van der Waals surface area contributed by atoms with E-state index in [0.717, 1.165) is 32.5 Å². The Morgan fingerprint density at radius 1 is 1.35 bits per heavy atom. The molecule has 1 saturated heterocycles. The number of benzene rings is 1. The molecule has 1 unspecified atom stereocenters. The number of hydrogen-bond acceptors (Lipinski definition) is 3. The van der Waals surface area contributed by atoms with Gasteiger partial charge < -0.3 is 10.6 Å². The first-order valence-corrected chi connectivity index (χ1v) is 7.60. The van der Waals surface area contributed by atoms with E-state index in [1.165, 1.54) is 11.1 Å². The van der Waals surface area contributed by atoms with Crippen LogP contribution in [0.25, 0.3) is 0 Å². The third kappa shape index (κ3) is 2.58. The van der Waals surface area contributed by atoms with Crippen LogP contribution in [0.1, 0.15) is 18.1 Å². The molecule has 0 spiro atoms. The number of nitrogens with one attached hydrogen (secondary N) is 2. The predicted octanol–water partition coefficient (Wildman–Crippen LogP) is 0.564. The first kappa shape index (κ1) is 13.6. The third-order valence-corrected chi connectivity index (χ3v) is 4.44. The molecule has 1 aliphatic heterocycles. The predicted molar refractivity (Wildman–Crippen MR) is 79.7 cm³/mol. The van der Waals surface area contributed by atoms with Crippen LogP contribution in [0.15, 0.2) is 24.3 Å². The van der Waals surface area contributed by atoms with Crippen molar-refractivity contribution in [2.75, 3.05) is 26.2 Å². The van der Waals surface area contributed by atoms with Gasteiger partial charge in [-0.2, -0.15) is 0 Å². The van der Waals surface area contributed by atoms with Gasteiger partial charge in [0.05, 0.1) is 0 Å². The van der Waals surface area contributed by atoms with Gasteiger partial charge in [0.15, 0.2) is 0 Å². The molecular formula is C16H23N3O. The van der Waals surface area contributed by atoms with E-state index in [4.69, 9.17) is 0 Å². The van der Waals surface area contributed by atoms with Crippen LogP contribution in [0.3, 0.4) is 0 Å². The highest BCUT2D eigenvalue weighted by Crippen LogP contribution is 2.27. The Labute approximate surface area is 120 Å². The fourth-order valence-electron chi connectivity index (χ4n) is 3.46. The summed E-state index contributed by atoms with van der Waals surface area (Å²) in [5.41, 5.74) is 2.90. The van der Waals surface area contributed by atoms with Gasteiger partial charge in [-0.3, -0.25) is 9.69 Å². The molecule has 0 bridgehead atoms. The highest BCUT2D eigenvalue weighted by molar-refractivity contribution is 5.82. The molecule has 1 aliphatic carbocycles. The Hall–Kier alpha value is -1.39. The summed E-state index contributed by atoms with van der Waals surface area (Å²) < 4.78 is 0. The molecule has 1 fully saturated rings. The summed E-state index contributed by atoms with van der Waals surface area (Å²) >= 11 is 0. The van der Waals surface area contributed by atoms with Gasteiger partial charge >= 0.3 is 0 Å². The van der Waals surface area contributed by atoms with Gasteiger partial charge in [-0.25, -0.2) is 0 Å². The molecule has 1 amide bonds. The molecule has 4 heteroatoms. The minimum Gasteiger partial charge on any atom is -0.355 e. The molecule has 0 saturated carbocycles. The number of piperazine rings is 1. The van der Waals surface area contributed by atoms with Crippen molar-refractivity contribution in [1.82, 2.24) is 15.5 Å². The second-order valence-corrected chi connectivity index (χ2v) is 5.68. The molecule has 108 valence electrons. The number of carbonyl (C=O) groups excluding carboxylic acids is 1. The summed E-state index contributed by atoms with van der Waals surface area (Å²) in [6.07, 6.45) is 2.15. The van der Waals surface area contributed by atoms with E-state index >= 15 is 0 Å². The van der Waals surface area contributed by atoms with Gasteiger partial charge in [0.25, 0.3) is 0 Å². The van der Waals surface area contributed by atoms with Crippen molar-refractivity contribution in [1.29, 1.82) is 0 Å². The molecular weight excluding hydrogens is 250 g/mol. The SMILES string of the molecule is CCNC(=O)C1CNCCN1C1Cc2ccccc2C1. The molecule has 2 aliphatic rings. The summed E-state index contributed by atoms with van der Waals surface area (Å²) in [5, 5.41) is 6.32. The lowest BCUT2D eigenvalue weighted by molar-refractivity contribution is -0.128. The Kier molecular flexibility index (Phi) is 4.03. The van der Waals surface area contributed by atoms with Crippen LogP contribution in [-0.2, 0) is 17.6 Å².